The molecule has 0 unspecified atom stereocenters. The summed E-state index contributed by atoms with van der Waals surface area (Å²) >= 11 is 6.41. The van der Waals surface area contributed by atoms with Gasteiger partial charge in [0.25, 0.3) is 5.91 Å². The molecule has 1 N–H and O–H groups in total. The Morgan fingerprint density at radius 3 is 2.83 bits per heavy atom. The van der Waals surface area contributed by atoms with Crippen molar-refractivity contribution in [3.63, 3.8) is 0 Å². The highest BCUT2D eigenvalue weighted by molar-refractivity contribution is 7.90. The van der Waals surface area contributed by atoms with E-state index in [0.717, 1.165) is 74.5 Å². The third kappa shape index (κ3) is 5.42. The highest BCUT2D eigenvalue weighted by Gasteiger charge is 2.46. The zero-order valence-electron chi connectivity index (χ0n) is 24.0. The summed E-state index contributed by atoms with van der Waals surface area (Å²) in [5, 5.41) is 0.751. The number of rotatable bonds is 0. The number of ether oxygens (including phenoxy) is 3. The van der Waals surface area contributed by atoms with Crippen molar-refractivity contribution in [1.29, 1.82) is 0 Å². The van der Waals surface area contributed by atoms with Gasteiger partial charge in [-0.25, -0.2) is 13.1 Å². The van der Waals surface area contributed by atoms with Crippen LogP contribution in [-0.2, 0) is 31.3 Å². The molecule has 1 spiro atoms. The summed E-state index contributed by atoms with van der Waals surface area (Å²) in [6, 6.07) is 11.5. The largest absolute Gasteiger partial charge is 0.490 e. The molecule has 5 aliphatic rings. The van der Waals surface area contributed by atoms with Crippen LogP contribution < -0.4 is 14.4 Å². The molecular weight excluding hydrogens is 576 g/mol. The maximum atomic E-state index is 13.2. The first-order valence-electron chi connectivity index (χ1n) is 15.3. The Balaban J connectivity index is 1.29. The van der Waals surface area contributed by atoms with Gasteiger partial charge in [0.05, 0.1) is 43.0 Å². The minimum Gasteiger partial charge on any atom is -0.490 e. The molecule has 4 bridgehead atoms. The number of fused-ring (bicyclic) bond motifs is 7. The number of hydrogen-bond acceptors (Lipinski definition) is 7. The lowest BCUT2D eigenvalue weighted by atomic mass is 9.67. The number of halogens is 1. The molecule has 1 amide bonds. The molecule has 42 heavy (non-hydrogen) atoms. The van der Waals surface area contributed by atoms with Crippen LogP contribution in [0.25, 0.3) is 0 Å². The van der Waals surface area contributed by atoms with Gasteiger partial charge >= 0.3 is 0 Å². The van der Waals surface area contributed by atoms with Crippen LogP contribution >= 0.6 is 11.6 Å². The van der Waals surface area contributed by atoms with Gasteiger partial charge in [-0.2, -0.15) is 0 Å². The van der Waals surface area contributed by atoms with E-state index in [9.17, 15) is 13.2 Å². The first-order valence-corrected chi connectivity index (χ1v) is 17.3. The number of amides is 1. The number of aryl methyl sites for hydroxylation is 1. The zero-order chi connectivity index (χ0) is 29.1. The molecule has 3 aliphatic heterocycles. The van der Waals surface area contributed by atoms with Crippen molar-refractivity contribution in [2.45, 2.75) is 75.6 Å². The Hall–Kier alpha value is -2.33. The van der Waals surface area contributed by atoms with Gasteiger partial charge in [0, 0.05) is 35.5 Å². The molecular formula is C32H39ClN2O6S. The fraction of sp³-hybridized carbons (Fsp3) is 0.594. The molecule has 1 saturated heterocycles. The van der Waals surface area contributed by atoms with Crippen molar-refractivity contribution in [1.82, 2.24) is 4.72 Å². The fourth-order valence-corrected chi connectivity index (χ4v) is 8.98. The summed E-state index contributed by atoms with van der Waals surface area (Å²) in [4.78, 5) is 15.6. The van der Waals surface area contributed by atoms with Crippen molar-refractivity contribution in [3.05, 3.63) is 58.1 Å². The van der Waals surface area contributed by atoms with E-state index in [2.05, 4.69) is 28.7 Å². The molecule has 1 saturated carbocycles. The topological polar surface area (TPSA) is 94.2 Å². The first kappa shape index (κ1) is 28.4. The Bertz CT molecular complexity index is 1480. The SMILES string of the molecule is C[C@@H]1C[C@@H]2C[C@H](O1)[C@@H]1CC[C@H]1CN1C[C@@]3(CCCc4cc(Cl)ccc43)COc3ccc(cc31)C(=O)NS(=O)(=O)CCO2. The van der Waals surface area contributed by atoms with Gasteiger partial charge in [-0.05, 0) is 98.7 Å². The van der Waals surface area contributed by atoms with E-state index < -0.39 is 15.9 Å². The summed E-state index contributed by atoms with van der Waals surface area (Å²) in [7, 11) is -3.87. The smallest absolute Gasteiger partial charge is 0.264 e. The lowest BCUT2D eigenvalue weighted by molar-refractivity contribution is -0.146. The predicted molar refractivity (Wildman–Crippen MR) is 161 cm³/mol. The van der Waals surface area contributed by atoms with Crippen molar-refractivity contribution >= 4 is 33.2 Å². The second kappa shape index (κ2) is 11.0. The van der Waals surface area contributed by atoms with E-state index in [4.69, 9.17) is 25.8 Å². The van der Waals surface area contributed by atoms with E-state index in [1.165, 1.54) is 11.1 Å². The number of hydrogen-bond donors (Lipinski definition) is 1. The molecule has 10 heteroatoms. The van der Waals surface area contributed by atoms with Crippen LogP contribution in [0.2, 0.25) is 5.02 Å². The third-order valence-corrected chi connectivity index (χ3v) is 11.6. The second-order valence-corrected chi connectivity index (χ2v) is 15.3. The summed E-state index contributed by atoms with van der Waals surface area (Å²) in [6.45, 7) is 4.21. The van der Waals surface area contributed by atoms with Crippen molar-refractivity contribution in [3.8, 4) is 5.75 Å². The molecule has 2 aromatic carbocycles. The van der Waals surface area contributed by atoms with Crippen LogP contribution in [0.1, 0.15) is 66.9 Å². The standard InChI is InChI=1S/C32H39ClN2O6S/c1-20-13-25-16-30(41-20)26-7-4-23(26)17-35-18-32(10-2-3-21-14-24(33)6-8-27(21)32)19-40-29-9-5-22(15-28(29)35)31(36)34-42(37,38)12-11-39-25/h5-6,8-9,14-15,20,23,25-26,30H,2-4,7,10-13,16-19H2,1H3,(H,34,36)/t20-,23+,25-,26-,30+,32+/m1/s1. The Labute approximate surface area is 253 Å². The van der Waals surface area contributed by atoms with Crippen LogP contribution in [0, 0.1) is 11.8 Å². The number of anilines is 1. The quantitative estimate of drug-likeness (QED) is 0.453. The summed E-state index contributed by atoms with van der Waals surface area (Å²) < 4.78 is 47.0. The average Bonchev–Trinajstić information content (AvgIpc) is 3.07. The number of nitrogens with zero attached hydrogens (tertiary/aromatic N) is 1. The zero-order valence-corrected chi connectivity index (χ0v) is 25.6. The second-order valence-electron chi connectivity index (χ2n) is 13.0. The number of benzene rings is 2. The number of nitrogens with one attached hydrogen (secondary N) is 1. The molecule has 2 aliphatic carbocycles. The first-order chi connectivity index (χ1) is 20.2. The van der Waals surface area contributed by atoms with Crippen molar-refractivity contribution in [2.24, 2.45) is 11.8 Å². The Morgan fingerprint density at radius 1 is 1.12 bits per heavy atom. The maximum Gasteiger partial charge on any atom is 0.264 e. The Kier molecular flexibility index (Phi) is 7.44. The molecule has 3 heterocycles. The number of carbonyl (C=O) groups excluding carboxylic acids is 1. The summed E-state index contributed by atoms with van der Waals surface area (Å²) in [5.41, 5.74) is 3.48. The highest BCUT2D eigenvalue weighted by Crippen LogP contribution is 2.48. The van der Waals surface area contributed by atoms with E-state index in [1.54, 1.807) is 12.1 Å². The molecule has 0 radical (unpaired) electrons. The predicted octanol–water partition coefficient (Wildman–Crippen LogP) is 4.87. The molecule has 2 aromatic rings. The van der Waals surface area contributed by atoms with E-state index in [-0.39, 0.29) is 36.1 Å². The van der Waals surface area contributed by atoms with E-state index in [0.29, 0.717) is 24.0 Å². The van der Waals surface area contributed by atoms with E-state index in [1.807, 2.05) is 12.1 Å². The van der Waals surface area contributed by atoms with Crippen LogP contribution in [0.15, 0.2) is 36.4 Å². The number of sulfonamides is 1. The Morgan fingerprint density at radius 2 is 2.00 bits per heavy atom. The summed E-state index contributed by atoms with van der Waals surface area (Å²) in [5.74, 6) is 0.655. The molecule has 0 aromatic heterocycles. The maximum absolute atomic E-state index is 13.2. The molecule has 6 atom stereocenters. The monoisotopic (exact) mass is 614 g/mol. The summed E-state index contributed by atoms with van der Waals surface area (Å²) in [6.07, 6.45) is 6.85. The fourth-order valence-electron chi connectivity index (χ4n) is 7.97. The normalized spacial score (nSPS) is 34.2. The van der Waals surface area contributed by atoms with Gasteiger partial charge in [-0.1, -0.05) is 17.7 Å². The molecule has 8 nitrogen and oxygen atoms in total. The van der Waals surface area contributed by atoms with Gasteiger partial charge in [0.1, 0.15) is 5.75 Å². The van der Waals surface area contributed by atoms with Crippen LogP contribution in [0.5, 0.6) is 5.75 Å². The lowest BCUT2D eigenvalue weighted by Gasteiger charge is -2.48. The van der Waals surface area contributed by atoms with Gasteiger partial charge in [-0.3, -0.25) is 4.79 Å². The lowest BCUT2D eigenvalue weighted by Crippen LogP contribution is -2.51. The number of carbonyl (C=O) groups is 1. The van der Waals surface area contributed by atoms with Gasteiger partial charge in [0.15, 0.2) is 0 Å². The third-order valence-electron chi connectivity index (χ3n) is 10.2. The minimum atomic E-state index is -3.87. The van der Waals surface area contributed by atoms with Crippen molar-refractivity contribution in [2.75, 3.05) is 37.0 Å². The minimum absolute atomic E-state index is 0.0430. The molecule has 7 rings (SSSR count). The molecule has 2 fully saturated rings. The molecule has 226 valence electrons. The van der Waals surface area contributed by atoms with Gasteiger partial charge in [0.2, 0.25) is 10.0 Å². The van der Waals surface area contributed by atoms with Crippen molar-refractivity contribution < 1.29 is 27.4 Å². The average molecular weight is 615 g/mol. The van der Waals surface area contributed by atoms with Gasteiger partial charge in [-0.15, -0.1) is 0 Å². The van der Waals surface area contributed by atoms with Crippen LogP contribution in [-0.4, -0.2) is 64.7 Å². The van der Waals surface area contributed by atoms with Crippen LogP contribution in [0.3, 0.4) is 0 Å². The van der Waals surface area contributed by atoms with E-state index >= 15 is 0 Å². The van der Waals surface area contributed by atoms with Gasteiger partial charge < -0.3 is 19.1 Å². The highest BCUT2D eigenvalue weighted by atomic mass is 35.5. The van der Waals surface area contributed by atoms with Crippen LogP contribution in [0.4, 0.5) is 5.69 Å².